The Morgan fingerprint density at radius 1 is 1.23 bits per heavy atom. The lowest BCUT2D eigenvalue weighted by Crippen LogP contribution is -2.24. The number of carbonyl (C=O) groups is 1. The standard InChI is InChI=1S/C20H15F4NO5S/c1-3-29-19(26)7-4-16-12(2)17(5-6-18(16)31(27,28)20(22,23)24)30-15-9-13(11-25)8-14(21)10-15/h4-10H,3H2,1-2H3. The molecule has 0 saturated heterocycles. The highest BCUT2D eigenvalue weighted by atomic mass is 32.2. The van der Waals surface area contributed by atoms with E-state index in [9.17, 15) is 30.8 Å². The molecule has 0 saturated carbocycles. The van der Waals surface area contributed by atoms with E-state index in [2.05, 4.69) is 4.74 Å². The number of nitrogens with zero attached hydrogens (tertiary/aromatic N) is 1. The van der Waals surface area contributed by atoms with E-state index < -0.39 is 37.6 Å². The maximum absolute atomic E-state index is 13.6. The smallest absolute Gasteiger partial charge is 0.463 e. The molecule has 6 nitrogen and oxygen atoms in total. The Kier molecular flexibility index (Phi) is 7.07. The number of benzene rings is 2. The van der Waals surface area contributed by atoms with Crippen LogP contribution in [0.2, 0.25) is 0 Å². The van der Waals surface area contributed by atoms with Crippen LogP contribution >= 0.6 is 0 Å². The number of ether oxygens (including phenoxy) is 2. The molecule has 0 aromatic heterocycles. The van der Waals surface area contributed by atoms with Gasteiger partial charge in [-0.2, -0.15) is 18.4 Å². The minimum atomic E-state index is -5.76. The van der Waals surface area contributed by atoms with Crippen molar-refractivity contribution in [2.75, 3.05) is 6.61 Å². The number of rotatable bonds is 6. The van der Waals surface area contributed by atoms with Crippen molar-refractivity contribution < 1.29 is 40.2 Å². The maximum Gasteiger partial charge on any atom is 0.501 e. The molecular formula is C20H15F4NO5S. The zero-order valence-corrected chi connectivity index (χ0v) is 17.0. The Morgan fingerprint density at radius 2 is 1.90 bits per heavy atom. The van der Waals surface area contributed by atoms with Crippen LogP contribution < -0.4 is 4.74 Å². The van der Waals surface area contributed by atoms with E-state index in [0.717, 1.165) is 30.4 Å². The van der Waals surface area contributed by atoms with Crippen molar-refractivity contribution in [3.05, 3.63) is 58.9 Å². The average Bonchev–Trinajstić information content (AvgIpc) is 2.67. The van der Waals surface area contributed by atoms with Crippen molar-refractivity contribution in [1.29, 1.82) is 5.26 Å². The Balaban J connectivity index is 2.64. The molecule has 2 rings (SSSR count). The number of nitriles is 1. The molecule has 2 aromatic rings. The molecule has 0 heterocycles. The van der Waals surface area contributed by atoms with E-state index in [1.807, 2.05) is 0 Å². The molecule has 0 aliphatic rings. The maximum atomic E-state index is 13.6. The molecule has 0 aliphatic heterocycles. The zero-order chi connectivity index (χ0) is 23.4. The van der Waals surface area contributed by atoms with Gasteiger partial charge in [0, 0.05) is 23.3 Å². The van der Waals surface area contributed by atoms with Gasteiger partial charge in [-0.25, -0.2) is 17.6 Å². The lowest BCUT2D eigenvalue weighted by Gasteiger charge is -2.16. The van der Waals surface area contributed by atoms with Gasteiger partial charge in [-0.05, 0) is 44.2 Å². The Bertz CT molecular complexity index is 1180. The summed E-state index contributed by atoms with van der Waals surface area (Å²) in [5.74, 6) is -1.93. The van der Waals surface area contributed by atoms with Gasteiger partial charge >= 0.3 is 11.5 Å². The second-order valence-electron chi connectivity index (χ2n) is 6.02. The summed E-state index contributed by atoms with van der Waals surface area (Å²) in [4.78, 5) is 10.5. The minimum absolute atomic E-state index is 0.000188. The fourth-order valence-corrected chi connectivity index (χ4v) is 3.52. The second kappa shape index (κ2) is 9.18. The monoisotopic (exact) mass is 457 g/mol. The van der Waals surface area contributed by atoms with E-state index in [1.54, 1.807) is 6.07 Å². The highest BCUT2D eigenvalue weighted by molar-refractivity contribution is 7.92. The number of sulfone groups is 1. The summed E-state index contributed by atoms with van der Waals surface area (Å²) in [5.41, 5.74) is -6.18. The molecule has 0 atom stereocenters. The third kappa shape index (κ3) is 5.40. The highest BCUT2D eigenvalue weighted by Gasteiger charge is 2.48. The van der Waals surface area contributed by atoms with E-state index in [4.69, 9.17) is 10.00 Å². The van der Waals surface area contributed by atoms with Crippen LogP contribution in [0.4, 0.5) is 17.6 Å². The molecule has 0 fully saturated rings. The van der Waals surface area contributed by atoms with Crippen molar-refractivity contribution in [1.82, 2.24) is 0 Å². The normalized spacial score (nSPS) is 11.9. The van der Waals surface area contributed by atoms with E-state index >= 15 is 0 Å². The Morgan fingerprint density at radius 3 is 2.48 bits per heavy atom. The van der Waals surface area contributed by atoms with Crippen LogP contribution in [0.25, 0.3) is 6.08 Å². The van der Waals surface area contributed by atoms with Crippen LogP contribution in [0, 0.1) is 24.1 Å². The Labute approximate surface area is 175 Å². The van der Waals surface area contributed by atoms with Gasteiger partial charge in [-0.3, -0.25) is 0 Å². The first-order valence-corrected chi connectivity index (χ1v) is 10.1. The van der Waals surface area contributed by atoms with Crippen LogP contribution in [-0.2, 0) is 19.4 Å². The van der Waals surface area contributed by atoms with Crippen LogP contribution in [0.15, 0.2) is 41.3 Å². The molecule has 0 unspecified atom stereocenters. The van der Waals surface area contributed by atoms with Gasteiger partial charge in [-0.1, -0.05) is 0 Å². The summed E-state index contributed by atoms with van der Waals surface area (Å²) < 4.78 is 87.1. The van der Waals surface area contributed by atoms with Gasteiger partial charge < -0.3 is 9.47 Å². The number of esters is 1. The highest BCUT2D eigenvalue weighted by Crippen LogP contribution is 2.38. The number of halogens is 4. The van der Waals surface area contributed by atoms with Gasteiger partial charge in [-0.15, -0.1) is 0 Å². The summed E-state index contributed by atoms with van der Waals surface area (Å²) in [6, 6.07) is 6.44. The van der Waals surface area contributed by atoms with Gasteiger partial charge in [0.15, 0.2) is 0 Å². The lowest BCUT2D eigenvalue weighted by molar-refractivity contribution is -0.137. The molecule has 2 aromatic carbocycles. The molecular weight excluding hydrogens is 442 g/mol. The van der Waals surface area contributed by atoms with E-state index in [1.165, 1.54) is 19.9 Å². The molecule has 0 aliphatic carbocycles. The van der Waals surface area contributed by atoms with Gasteiger partial charge in [0.05, 0.1) is 23.1 Å². The van der Waals surface area contributed by atoms with E-state index in [0.29, 0.717) is 6.07 Å². The molecule has 11 heteroatoms. The number of hydrogen-bond acceptors (Lipinski definition) is 6. The number of carbonyl (C=O) groups excluding carboxylic acids is 1. The summed E-state index contributed by atoms with van der Waals surface area (Å²) in [7, 11) is -5.76. The third-order valence-electron chi connectivity index (χ3n) is 3.92. The molecule has 0 bridgehead atoms. The van der Waals surface area contributed by atoms with Crippen molar-refractivity contribution in [2.45, 2.75) is 24.3 Å². The summed E-state index contributed by atoms with van der Waals surface area (Å²) in [6.07, 6.45) is 1.64. The predicted octanol–water partition coefficient (Wildman–Crippen LogP) is 4.67. The van der Waals surface area contributed by atoms with Crippen LogP contribution in [0.5, 0.6) is 11.5 Å². The minimum Gasteiger partial charge on any atom is -0.463 e. The quantitative estimate of drug-likeness (QED) is 0.356. The molecule has 31 heavy (non-hydrogen) atoms. The second-order valence-corrected chi connectivity index (χ2v) is 7.93. The predicted molar refractivity (Wildman–Crippen MR) is 101 cm³/mol. The molecule has 164 valence electrons. The largest absolute Gasteiger partial charge is 0.501 e. The number of hydrogen-bond donors (Lipinski definition) is 0. The molecule has 0 amide bonds. The fraction of sp³-hybridized carbons (Fsp3) is 0.200. The first-order valence-electron chi connectivity index (χ1n) is 8.59. The Hall–Kier alpha value is -3.39. The van der Waals surface area contributed by atoms with Gasteiger partial charge in [0.25, 0.3) is 9.84 Å². The van der Waals surface area contributed by atoms with Gasteiger partial charge in [0.1, 0.15) is 17.3 Å². The van der Waals surface area contributed by atoms with Crippen molar-refractivity contribution in [2.24, 2.45) is 0 Å². The first kappa shape index (κ1) is 23.9. The molecule has 0 spiro atoms. The third-order valence-corrected chi connectivity index (χ3v) is 5.46. The summed E-state index contributed by atoms with van der Waals surface area (Å²) in [5, 5.41) is 8.92. The van der Waals surface area contributed by atoms with Crippen LogP contribution in [0.1, 0.15) is 23.6 Å². The molecule has 0 radical (unpaired) electrons. The average molecular weight is 457 g/mol. The van der Waals surface area contributed by atoms with Crippen molar-refractivity contribution in [3.8, 4) is 17.6 Å². The molecule has 0 N–H and O–H groups in total. The van der Waals surface area contributed by atoms with Crippen LogP contribution in [-0.4, -0.2) is 26.5 Å². The SMILES string of the molecule is CCOC(=O)C=Cc1c(S(=O)(=O)C(F)(F)F)ccc(Oc2cc(F)cc(C#N)c2)c1C. The fourth-order valence-electron chi connectivity index (χ4n) is 2.52. The zero-order valence-electron chi connectivity index (χ0n) is 16.2. The van der Waals surface area contributed by atoms with E-state index in [-0.39, 0.29) is 29.2 Å². The number of alkyl halides is 3. The first-order chi connectivity index (χ1) is 14.4. The lowest BCUT2D eigenvalue weighted by atomic mass is 10.1. The van der Waals surface area contributed by atoms with Crippen molar-refractivity contribution >= 4 is 21.9 Å². The van der Waals surface area contributed by atoms with Gasteiger partial charge in [0.2, 0.25) is 0 Å². The van der Waals surface area contributed by atoms with Crippen LogP contribution in [0.3, 0.4) is 0 Å². The van der Waals surface area contributed by atoms with Crippen molar-refractivity contribution in [3.63, 3.8) is 0 Å². The summed E-state index contributed by atoms with van der Waals surface area (Å²) >= 11 is 0. The summed E-state index contributed by atoms with van der Waals surface area (Å²) in [6.45, 7) is 2.78. The topological polar surface area (TPSA) is 93.5 Å².